The number of halogens is 1. The number of carbonyl (C=O) groups excluding carboxylic acids is 1. The van der Waals surface area contributed by atoms with Gasteiger partial charge in [0, 0.05) is 0 Å². The van der Waals surface area contributed by atoms with E-state index in [0.29, 0.717) is 34.4 Å². The maximum atomic E-state index is 12.3. The zero-order valence-electron chi connectivity index (χ0n) is 15.6. The van der Waals surface area contributed by atoms with Crippen molar-refractivity contribution in [1.29, 1.82) is 0 Å². The Labute approximate surface area is 175 Å². The van der Waals surface area contributed by atoms with Crippen LogP contribution in [0.1, 0.15) is 23.0 Å². The highest BCUT2D eigenvalue weighted by Crippen LogP contribution is 2.35. The normalized spacial score (nSPS) is 10.9. The number of amides is 1. The summed E-state index contributed by atoms with van der Waals surface area (Å²) in [7, 11) is 1.50. The number of methoxy groups -OCH3 is 1. The van der Waals surface area contributed by atoms with Gasteiger partial charge >= 0.3 is 5.69 Å². The smallest absolute Gasteiger partial charge is 0.346 e. The Morgan fingerprint density at radius 1 is 1.41 bits per heavy atom. The van der Waals surface area contributed by atoms with E-state index < -0.39 is 11.6 Å². The molecule has 2 aromatic heterocycles. The first kappa shape index (κ1) is 20.6. The second kappa shape index (κ2) is 9.35. The van der Waals surface area contributed by atoms with Gasteiger partial charge in [-0.1, -0.05) is 17.7 Å². The minimum absolute atomic E-state index is 0.0448. The summed E-state index contributed by atoms with van der Waals surface area (Å²) in [6.07, 6.45) is 1.40. The van der Waals surface area contributed by atoms with Crippen LogP contribution in [0.5, 0.6) is 11.5 Å². The number of rotatable bonds is 7. The number of aromatic nitrogens is 2. The van der Waals surface area contributed by atoms with Crippen LogP contribution in [-0.2, 0) is 0 Å². The van der Waals surface area contributed by atoms with Crippen molar-refractivity contribution in [2.75, 3.05) is 13.7 Å². The average Bonchev–Trinajstić information content (AvgIpc) is 3.24. The molecule has 2 heterocycles. The highest BCUT2D eigenvalue weighted by Gasteiger charge is 2.12. The van der Waals surface area contributed by atoms with Gasteiger partial charge in [-0.15, -0.1) is 11.3 Å². The maximum Gasteiger partial charge on any atom is 0.346 e. The molecule has 150 valence electrons. The SMILES string of the molecule is CCOc1c(Cl)cc(/C=N/NC(=O)c2cc(-c3cccs3)[nH]c(=O)n2)cc1OC. The van der Waals surface area contributed by atoms with E-state index in [2.05, 4.69) is 20.5 Å². The number of H-pyrrole nitrogens is 1. The Kier molecular flexibility index (Phi) is 6.63. The highest BCUT2D eigenvalue weighted by molar-refractivity contribution is 7.13. The van der Waals surface area contributed by atoms with Crippen LogP contribution in [0, 0.1) is 0 Å². The number of aromatic amines is 1. The molecular weight excluding hydrogens is 416 g/mol. The van der Waals surface area contributed by atoms with E-state index in [9.17, 15) is 9.59 Å². The molecule has 0 fully saturated rings. The van der Waals surface area contributed by atoms with Crippen LogP contribution in [0.15, 0.2) is 45.6 Å². The van der Waals surface area contributed by atoms with Crippen LogP contribution >= 0.6 is 22.9 Å². The van der Waals surface area contributed by atoms with Crippen molar-refractivity contribution < 1.29 is 14.3 Å². The van der Waals surface area contributed by atoms with Crippen LogP contribution in [0.4, 0.5) is 0 Å². The molecule has 0 spiro atoms. The second-order valence-electron chi connectivity index (χ2n) is 5.63. The van der Waals surface area contributed by atoms with E-state index in [1.165, 1.54) is 30.7 Å². The van der Waals surface area contributed by atoms with Crippen LogP contribution in [0.25, 0.3) is 10.6 Å². The third-order valence-electron chi connectivity index (χ3n) is 3.68. The highest BCUT2D eigenvalue weighted by atomic mass is 35.5. The average molecular weight is 433 g/mol. The van der Waals surface area contributed by atoms with Gasteiger partial charge in [0.05, 0.1) is 35.5 Å². The third-order valence-corrected chi connectivity index (χ3v) is 4.87. The van der Waals surface area contributed by atoms with Gasteiger partial charge in [-0.05, 0) is 42.1 Å². The molecule has 0 aliphatic rings. The predicted octanol–water partition coefficient (Wildman–Crippen LogP) is 3.32. The van der Waals surface area contributed by atoms with E-state index in [-0.39, 0.29) is 5.69 Å². The monoisotopic (exact) mass is 432 g/mol. The van der Waals surface area contributed by atoms with Gasteiger partial charge in [-0.3, -0.25) is 4.79 Å². The predicted molar refractivity (Wildman–Crippen MR) is 112 cm³/mol. The van der Waals surface area contributed by atoms with Gasteiger partial charge < -0.3 is 14.5 Å². The lowest BCUT2D eigenvalue weighted by Crippen LogP contribution is -2.24. The van der Waals surface area contributed by atoms with Crippen molar-refractivity contribution >= 4 is 35.1 Å². The third kappa shape index (κ3) is 5.01. The molecule has 2 N–H and O–H groups in total. The maximum absolute atomic E-state index is 12.3. The first-order valence-electron chi connectivity index (χ1n) is 8.50. The van der Waals surface area contributed by atoms with Crippen LogP contribution in [0.2, 0.25) is 5.02 Å². The van der Waals surface area contributed by atoms with Crippen molar-refractivity contribution in [3.63, 3.8) is 0 Å². The quantitative estimate of drug-likeness (QED) is 0.440. The van der Waals surface area contributed by atoms with E-state index in [1.54, 1.807) is 12.1 Å². The number of hydrogen-bond acceptors (Lipinski definition) is 7. The van der Waals surface area contributed by atoms with Crippen LogP contribution in [0.3, 0.4) is 0 Å². The molecule has 3 aromatic rings. The van der Waals surface area contributed by atoms with Gasteiger partial charge in [0.25, 0.3) is 5.91 Å². The molecule has 0 aliphatic heterocycles. The molecule has 1 amide bonds. The number of nitrogens with one attached hydrogen (secondary N) is 2. The summed E-state index contributed by atoms with van der Waals surface area (Å²) < 4.78 is 10.7. The number of carbonyl (C=O) groups is 1. The fourth-order valence-corrected chi connectivity index (χ4v) is 3.43. The summed E-state index contributed by atoms with van der Waals surface area (Å²) in [5.74, 6) is 0.268. The fourth-order valence-electron chi connectivity index (χ4n) is 2.46. The molecule has 1 aromatic carbocycles. The zero-order valence-corrected chi connectivity index (χ0v) is 17.1. The molecule has 0 aliphatic carbocycles. The van der Waals surface area contributed by atoms with E-state index in [0.717, 1.165) is 4.88 Å². The largest absolute Gasteiger partial charge is 0.493 e. The standard InChI is InChI=1S/C19H17ClN4O4S/c1-3-28-17-12(20)7-11(8-15(17)27-2)10-21-24-18(25)14-9-13(22-19(26)23-14)16-5-4-6-29-16/h4-10H,3H2,1-2H3,(H,24,25)(H,22,23,26)/b21-10+. The molecule has 0 atom stereocenters. The lowest BCUT2D eigenvalue weighted by Gasteiger charge is -2.11. The van der Waals surface area contributed by atoms with Crippen molar-refractivity contribution in [3.05, 3.63) is 62.5 Å². The van der Waals surface area contributed by atoms with Crippen LogP contribution in [-0.4, -0.2) is 35.8 Å². The summed E-state index contributed by atoms with van der Waals surface area (Å²) in [6, 6.07) is 8.48. The van der Waals surface area contributed by atoms with Gasteiger partial charge in [0.15, 0.2) is 11.5 Å². The number of hydrogen-bond donors (Lipinski definition) is 2. The molecule has 0 radical (unpaired) electrons. The topological polar surface area (TPSA) is 106 Å². The van der Waals surface area contributed by atoms with Gasteiger partial charge in [0.2, 0.25) is 0 Å². The van der Waals surface area contributed by atoms with Crippen molar-refractivity contribution in [1.82, 2.24) is 15.4 Å². The first-order valence-corrected chi connectivity index (χ1v) is 9.76. The van der Waals surface area contributed by atoms with E-state index in [1.807, 2.05) is 24.4 Å². The summed E-state index contributed by atoms with van der Waals surface area (Å²) in [6.45, 7) is 2.28. The molecule has 8 nitrogen and oxygen atoms in total. The number of benzene rings is 1. The Bertz CT molecular complexity index is 1100. The zero-order chi connectivity index (χ0) is 20.8. The Hall–Kier alpha value is -3.17. The molecule has 0 bridgehead atoms. The number of ether oxygens (including phenoxy) is 2. The van der Waals surface area contributed by atoms with Gasteiger partial charge in [-0.25, -0.2) is 10.2 Å². The van der Waals surface area contributed by atoms with E-state index >= 15 is 0 Å². The molecule has 3 rings (SSSR count). The van der Waals surface area contributed by atoms with Gasteiger partial charge in [-0.2, -0.15) is 10.1 Å². The van der Waals surface area contributed by atoms with Crippen molar-refractivity contribution in [2.24, 2.45) is 5.10 Å². The summed E-state index contributed by atoms with van der Waals surface area (Å²) in [5, 5.41) is 6.13. The summed E-state index contributed by atoms with van der Waals surface area (Å²) in [5.41, 5.74) is 2.79. The lowest BCUT2D eigenvalue weighted by molar-refractivity contribution is 0.0949. The van der Waals surface area contributed by atoms with Crippen molar-refractivity contribution in [2.45, 2.75) is 6.92 Å². The van der Waals surface area contributed by atoms with E-state index in [4.69, 9.17) is 21.1 Å². The molecule has 10 heteroatoms. The fraction of sp³-hybridized carbons (Fsp3) is 0.158. The molecule has 29 heavy (non-hydrogen) atoms. The Balaban J connectivity index is 1.76. The van der Waals surface area contributed by atoms with Crippen molar-refractivity contribution in [3.8, 4) is 22.1 Å². The number of hydrazone groups is 1. The first-order chi connectivity index (χ1) is 14.0. The molecule has 0 saturated carbocycles. The minimum Gasteiger partial charge on any atom is -0.493 e. The molecule has 0 unspecified atom stereocenters. The lowest BCUT2D eigenvalue weighted by atomic mass is 10.2. The summed E-state index contributed by atoms with van der Waals surface area (Å²) in [4.78, 5) is 31.2. The minimum atomic E-state index is -0.618. The Morgan fingerprint density at radius 3 is 2.93 bits per heavy atom. The molecule has 0 saturated heterocycles. The summed E-state index contributed by atoms with van der Waals surface area (Å²) >= 11 is 7.65. The second-order valence-corrected chi connectivity index (χ2v) is 6.98. The number of thiophene rings is 1. The molecular formula is C19H17ClN4O4S. The Morgan fingerprint density at radius 2 is 2.24 bits per heavy atom. The van der Waals surface area contributed by atoms with Gasteiger partial charge in [0.1, 0.15) is 5.69 Å². The van der Waals surface area contributed by atoms with Crippen LogP contribution < -0.4 is 20.6 Å². The number of nitrogens with zero attached hydrogens (tertiary/aromatic N) is 2.